The monoisotopic (exact) mass is 458 g/mol. The Morgan fingerprint density at radius 1 is 1.28 bits per heavy atom. The Morgan fingerprint density at radius 2 is 2.14 bits per heavy atom. The molecule has 1 N–H and O–H groups in total. The van der Waals surface area contributed by atoms with Crippen LogP contribution >= 0.6 is 15.9 Å². The van der Waals surface area contributed by atoms with E-state index in [1.54, 1.807) is 19.1 Å². The summed E-state index contributed by atoms with van der Waals surface area (Å²) in [7, 11) is 0. The van der Waals surface area contributed by atoms with Crippen LogP contribution in [0.15, 0.2) is 56.3 Å². The normalized spacial score (nSPS) is 17.1. The lowest BCUT2D eigenvalue weighted by molar-refractivity contribution is 0.0854. The number of aryl methyl sites for hydroxylation is 1. The molecule has 0 spiro atoms. The lowest BCUT2D eigenvalue weighted by Crippen LogP contribution is -2.34. The van der Waals surface area contributed by atoms with Gasteiger partial charge in [-0.15, -0.1) is 0 Å². The van der Waals surface area contributed by atoms with Crippen molar-refractivity contribution in [3.63, 3.8) is 0 Å². The molecule has 7 heteroatoms. The maximum Gasteiger partial charge on any atom is 0.256 e. The molecule has 0 aliphatic carbocycles. The van der Waals surface area contributed by atoms with E-state index in [0.717, 1.165) is 29.3 Å². The van der Waals surface area contributed by atoms with Gasteiger partial charge in [0.15, 0.2) is 0 Å². The van der Waals surface area contributed by atoms with E-state index in [2.05, 4.69) is 26.2 Å². The van der Waals surface area contributed by atoms with Gasteiger partial charge in [0.25, 0.3) is 5.91 Å². The average Bonchev–Trinajstić information content (AvgIpc) is 3.21. The zero-order valence-electron chi connectivity index (χ0n) is 15.9. The Labute approximate surface area is 175 Å². The molecule has 0 saturated carbocycles. The largest absolute Gasteiger partial charge is 0.438 e. The third-order valence-corrected chi connectivity index (χ3v) is 5.34. The Hall–Kier alpha value is -2.51. The van der Waals surface area contributed by atoms with Crippen molar-refractivity contribution >= 4 is 38.5 Å². The minimum atomic E-state index is -0.337. The molecule has 1 aliphatic rings. The Kier molecular flexibility index (Phi) is 5.78. The lowest BCUT2D eigenvalue weighted by atomic mass is 10.1. The van der Waals surface area contributed by atoms with Crippen molar-refractivity contribution in [3.8, 4) is 0 Å². The van der Waals surface area contributed by atoms with Crippen LogP contribution in [-0.4, -0.2) is 25.2 Å². The van der Waals surface area contributed by atoms with E-state index in [1.165, 1.54) is 12.1 Å². The number of hydrogen-bond acceptors (Lipinski definition) is 4. The molecule has 1 aliphatic heterocycles. The Bertz CT molecular complexity index is 1140. The van der Waals surface area contributed by atoms with E-state index < -0.39 is 0 Å². The number of carbonyl (C=O) groups is 1. The number of nitrogens with zero attached hydrogens (tertiary/aromatic N) is 1. The molecule has 1 amide bonds. The van der Waals surface area contributed by atoms with E-state index in [9.17, 15) is 9.18 Å². The molecule has 0 bridgehead atoms. The van der Waals surface area contributed by atoms with Gasteiger partial charge in [0, 0.05) is 23.0 Å². The molecular weight excluding hydrogens is 439 g/mol. The summed E-state index contributed by atoms with van der Waals surface area (Å²) in [5.41, 5.74) is 2.29. The first-order valence-corrected chi connectivity index (χ1v) is 10.2. The number of fused-ring (bicyclic) bond motifs is 1. The van der Waals surface area contributed by atoms with E-state index in [4.69, 9.17) is 9.15 Å². The summed E-state index contributed by atoms with van der Waals surface area (Å²) < 4.78 is 25.9. The molecule has 1 fully saturated rings. The smallest absolute Gasteiger partial charge is 0.256 e. The summed E-state index contributed by atoms with van der Waals surface area (Å²) >= 11 is 3.44. The summed E-state index contributed by atoms with van der Waals surface area (Å²) in [5.74, 6) is -0.624. The number of halogens is 2. The number of hydrogen-bond donors (Lipinski definition) is 1. The second kappa shape index (κ2) is 8.47. The summed E-state index contributed by atoms with van der Waals surface area (Å²) in [4.78, 5) is 17.4. The van der Waals surface area contributed by atoms with E-state index in [0.29, 0.717) is 28.9 Å². The fourth-order valence-electron chi connectivity index (χ4n) is 3.31. The van der Waals surface area contributed by atoms with E-state index in [1.807, 2.05) is 18.2 Å². The van der Waals surface area contributed by atoms with Gasteiger partial charge in [0.05, 0.1) is 11.8 Å². The minimum Gasteiger partial charge on any atom is -0.438 e. The molecule has 0 radical (unpaired) electrons. The van der Waals surface area contributed by atoms with Crippen LogP contribution in [0.1, 0.15) is 28.8 Å². The number of ether oxygens (including phenoxy) is 1. The third kappa shape index (κ3) is 4.57. The van der Waals surface area contributed by atoms with Crippen LogP contribution in [0.3, 0.4) is 0 Å². The Morgan fingerprint density at radius 3 is 2.90 bits per heavy atom. The number of rotatable bonds is 4. The van der Waals surface area contributed by atoms with Gasteiger partial charge in [-0.05, 0) is 67.8 Å². The molecule has 3 aromatic rings. The van der Waals surface area contributed by atoms with E-state index in [-0.39, 0.29) is 23.4 Å². The van der Waals surface area contributed by atoms with Crippen LogP contribution in [0, 0.1) is 12.7 Å². The molecule has 2 aromatic carbocycles. The lowest BCUT2D eigenvalue weighted by Gasteiger charge is -2.11. The number of benzene rings is 2. The van der Waals surface area contributed by atoms with Crippen molar-refractivity contribution < 1.29 is 18.3 Å². The summed E-state index contributed by atoms with van der Waals surface area (Å²) in [6.45, 7) is 2.92. The van der Waals surface area contributed by atoms with Gasteiger partial charge in [-0.3, -0.25) is 4.79 Å². The molecule has 150 valence electrons. The first-order chi connectivity index (χ1) is 14.0. The topological polar surface area (TPSA) is 63.8 Å². The molecule has 0 unspecified atom stereocenters. The fourth-order valence-corrected chi connectivity index (χ4v) is 3.69. The predicted molar refractivity (Wildman–Crippen MR) is 112 cm³/mol. The van der Waals surface area contributed by atoms with Gasteiger partial charge in [-0.1, -0.05) is 15.9 Å². The highest BCUT2D eigenvalue weighted by atomic mass is 79.9. The van der Waals surface area contributed by atoms with Gasteiger partial charge >= 0.3 is 0 Å². The quantitative estimate of drug-likeness (QED) is 0.611. The van der Waals surface area contributed by atoms with Gasteiger partial charge in [-0.25, -0.2) is 9.38 Å². The van der Waals surface area contributed by atoms with Crippen molar-refractivity contribution in [2.45, 2.75) is 25.9 Å². The van der Waals surface area contributed by atoms with Crippen molar-refractivity contribution in [1.29, 1.82) is 0 Å². The second-order valence-electron chi connectivity index (χ2n) is 7.04. The second-order valence-corrected chi connectivity index (χ2v) is 7.95. The summed E-state index contributed by atoms with van der Waals surface area (Å²) in [5, 5.41) is 3.69. The van der Waals surface area contributed by atoms with Gasteiger partial charge < -0.3 is 14.5 Å². The number of amides is 1. The first-order valence-electron chi connectivity index (χ1n) is 9.44. The molecule has 4 rings (SSSR count). The summed E-state index contributed by atoms with van der Waals surface area (Å²) in [6.07, 6.45) is 1.97. The van der Waals surface area contributed by atoms with Crippen LogP contribution in [0.25, 0.3) is 11.0 Å². The zero-order chi connectivity index (χ0) is 20.4. The van der Waals surface area contributed by atoms with E-state index >= 15 is 0 Å². The highest BCUT2D eigenvalue weighted by Gasteiger charge is 2.18. The highest BCUT2D eigenvalue weighted by Crippen LogP contribution is 2.22. The molecular formula is C22H20BrFN2O3. The minimum absolute atomic E-state index is 0.0326. The summed E-state index contributed by atoms with van der Waals surface area (Å²) in [6, 6.07) is 11.6. The molecule has 1 aromatic heterocycles. The first kappa shape index (κ1) is 19.8. The van der Waals surface area contributed by atoms with Crippen LogP contribution in [0.5, 0.6) is 0 Å². The predicted octanol–water partition coefficient (Wildman–Crippen LogP) is 4.78. The van der Waals surface area contributed by atoms with Crippen molar-refractivity contribution in [2.75, 3.05) is 13.2 Å². The third-order valence-electron chi connectivity index (χ3n) is 4.85. The fraction of sp³-hybridized carbons (Fsp3) is 0.273. The van der Waals surface area contributed by atoms with Gasteiger partial charge in [-0.2, -0.15) is 0 Å². The van der Waals surface area contributed by atoms with Gasteiger partial charge in [0.2, 0.25) is 5.55 Å². The molecule has 29 heavy (non-hydrogen) atoms. The Balaban J connectivity index is 1.78. The SMILES string of the molecule is Cc1cc(F)ccc1N=c1oc2ccc(Br)cc2cc1C(=O)NC[C@@H]1CCCO1. The van der Waals surface area contributed by atoms with Crippen LogP contribution < -0.4 is 10.9 Å². The van der Waals surface area contributed by atoms with Gasteiger partial charge in [0.1, 0.15) is 17.0 Å². The van der Waals surface area contributed by atoms with Crippen molar-refractivity contribution in [2.24, 2.45) is 4.99 Å². The van der Waals surface area contributed by atoms with Crippen molar-refractivity contribution in [3.05, 3.63) is 69.4 Å². The zero-order valence-corrected chi connectivity index (χ0v) is 17.5. The highest BCUT2D eigenvalue weighted by molar-refractivity contribution is 9.10. The molecule has 2 heterocycles. The number of nitrogens with one attached hydrogen (secondary N) is 1. The molecule has 1 atom stereocenters. The van der Waals surface area contributed by atoms with Crippen molar-refractivity contribution in [1.82, 2.24) is 5.32 Å². The molecule has 1 saturated heterocycles. The van der Waals surface area contributed by atoms with Crippen LogP contribution in [0.2, 0.25) is 0 Å². The maximum absolute atomic E-state index is 13.4. The average molecular weight is 459 g/mol. The standard InChI is InChI=1S/C22H20BrFN2O3/c1-13-9-16(24)5-6-19(13)26-22-18(21(27)25-12-17-3-2-8-28-17)11-14-10-15(23)4-7-20(14)29-22/h4-7,9-11,17H,2-3,8,12H2,1H3,(H,25,27)/t17-/m0/s1. The van der Waals surface area contributed by atoms with Crippen LogP contribution in [-0.2, 0) is 4.74 Å². The van der Waals surface area contributed by atoms with Crippen LogP contribution in [0.4, 0.5) is 10.1 Å². The number of carbonyl (C=O) groups excluding carboxylic acids is 1. The maximum atomic E-state index is 13.4. The molecule has 5 nitrogen and oxygen atoms in total.